The van der Waals surface area contributed by atoms with E-state index in [2.05, 4.69) is 4.98 Å². The molecule has 0 aromatic carbocycles. The van der Waals surface area contributed by atoms with E-state index in [4.69, 9.17) is 5.11 Å². The molecule has 0 atom stereocenters. The molecule has 2 aromatic heterocycles. The molecule has 0 spiro atoms. The van der Waals surface area contributed by atoms with Gasteiger partial charge in [0.15, 0.2) is 0 Å². The second kappa shape index (κ2) is 3.33. The van der Waals surface area contributed by atoms with E-state index in [9.17, 15) is 4.79 Å². The summed E-state index contributed by atoms with van der Waals surface area (Å²) in [5.41, 5.74) is 2.11. The maximum atomic E-state index is 10.8. The number of hydrogen-bond donors (Lipinski definition) is 1. The highest BCUT2D eigenvalue weighted by atomic mass is 16.4. The van der Waals surface area contributed by atoms with Crippen molar-refractivity contribution in [2.75, 3.05) is 0 Å². The number of carboxylic acids is 1. The molecule has 2 aromatic rings. The maximum Gasteiger partial charge on any atom is 0.335 e. The van der Waals surface area contributed by atoms with Gasteiger partial charge in [-0.2, -0.15) is 0 Å². The molecule has 0 amide bonds. The molecule has 0 unspecified atom stereocenters. The quantitative estimate of drug-likeness (QED) is 0.838. The SMILES string of the molecule is O=C(O)c1ccn2cc(C3CCC3)nc2c1. The molecule has 1 N–H and O–H groups in total. The van der Waals surface area contributed by atoms with Crippen molar-refractivity contribution in [3.05, 3.63) is 35.8 Å². The average molecular weight is 216 g/mol. The van der Waals surface area contributed by atoms with E-state index in [1.807, 2.05) is 10.6 Å². The molecule has 0 aliphatic heterocycles. The Hall–Kier alpha value is -1.84. The van der Waals surface area contributed by atoms with E-state index < -0.39 is 5.97 Å². The fraction of sp³-hybridized carbons (Fsp3) is 0.333. The first-order valence-corrected chi connectivity index (χ1v) is 5.46. The number of hydrogen-bond acceptors (Lipinski definition) is 2. The maximum absolute atomic E-state index is 10.8. The zero-order valence-electron chi connectivity index (χ0n) is 8.76. The minimum atomic E-state index is -0.907. The molecule has 2 heterocycles. The largest absolute Gasteiger partial charge is 0.478 e. The Labute approximate surface area is 92.5 Å². The van der Waals surface area contributed by atoms with Gasteiger partial charge in [0.1, 0.15) is 5.65 Å². The van der Waals surface area contributed by atoms with Gasteiger partial charge in [-0.15, -0.1) is 0 Å². The smallest absolute Gasteiger partial charge is 0.335 e. The highest BCUT2D eigenvalue weighted by Crippen LogP contribution is 2.35. The molecular formula is C12H12N2O2. The van der Waals surface area contributed by atoms with E-state index in [1.54, 1.807) is 18.3 Å². The number of aromatic carboxylic acids is 1. The fourth-order valence-corrected chi connectivity index (χ4v) is 2.04. The summed E-state index contributed by atoms with van der Waals surface area (Å²) in [7, 11) is 0. The normalized spacial score (nSPS) is 16.2. The Morgan fingerprint density at radius 2 is 2.31 bits per heavy atom. The van der Waals surface area contributed by atoms with Crippen LogP contribution in [-0.2, 0) is 0 Å². The second-order valence-corrected chi connectivity index (χ2v) is 4.28. The van der Waals surface area contributed by atoms with Crippen LogP contribution in [0.3, 0.4) is 0 Å². The number of imidazole rings is 1. The molecular weight excluding hydrogens is 204 g/mol. The number of carbonyl (C=O) groups is 1. The van der Waals surface area contributed by atoms with Crippen molar-refractivity contribution >= 4 is 11.6 Å². The highest BCUT2D eigenvalue weighted by molar-refractivity contribution is 5.88. The van der Waals surface area contributed by atoms with Crippen LogP contribution in [0.1, 0.15) is 41.2 Å². The zero-order valence-corrected chi connectivity index (χ0v) is 8.76. The van der Waals surface area contributed by atoms with Crippen LogP contribution < -0.4 is 0 Å². The van der Waals surface area contributed by atoms with Gasteiger partial charge >= 0.3 is 5.97 Å². The molecule has 82 valence electrons. The molecule has 0 bridgehead atoms. The summed E-state index contributed by atoms with van der Waals surface area (Å²) in [4.78, 5) is 15.3. The van der Waals surface area contributed by atoms with E-state index >= 15 is 0 Å². The Morgan fingerprint density at radius 3 is 2.94 bits per heavy atom. The number of aromatic nitrogens is 2. The Kier molecular flexibility index (Phi) is 1.96. The van der Waals surface area contributed by atoms with Crippen LogP contribution >= 0.6 is 0 Å². The number of pyridine rings is 1. The van der Waals surface area contributed by atoms with Crippen LogP contribution in [0.2, 0.25) is 0 Å². The fourth-order valence-electron chi connectivity index (χ4n) is 2.04. The number of fused-ring (bicyclic) bond motifs is 1. The third-order valence-electron chi connectivity index (χ3n) is 3.25. The summed E-state index contributed by atoms with van der Waals surface area (Å²) in [6.07, 6.45) is 7.45. The summed E-state index contributed by atoms with van der Waals surface area (Å²) in [5.74, 6) is -0.330. The predicted molar refractivity (Wildman–Crippen MR) is 58.7 cm³/mol. The molecule has 1 aliphatic rings. The van der Waals surface area contributed by atoms with E-state index in [1.165, 1.54) is 19.3 Å². The van der Waals surface area contributed by atoms with E-state index in [-0.39, 0.29) is 0 Å². The molecule has 0 saturated heterocycles. The minimum Gasteiger partial charge on any atom is -0.478 e. The van der Waals surface area contributed by atoms with E-state index in [0.29, 0.717) is 11.5 Å². The third-order valence-corrected chi connectivity index (χ3v) is 3.25. The highest BCUT2D eigenvalue weighted by Gasteiger charge is 2.22. The standard InChI is InChI=1S/C12H12N2O2/c15-12(16)9-4-5-14-7-10(8-2-1-3-8)13-11(14)6-9/h4-8H,1-3H2,(H,15,16). The Balaban J connectivity index is 2.06. The van der Waals surface area contributed by atoms with Crippen LogP contribution in [0.25, 0.3) is 5.65 Å². The van der Waals surface area contributed by atoms with Crippen molar-refractivity contribution in [3.63, 3.8) is 0 Å². The van der Waals surface area contributed by atoms with Gasteiger partial charge in [-0.3, -0.25) is 0 Å². The van der Waals surface area contributed by atoms with Crippen LogP contribution in [0.15, 0.2) is 24.5 Å². The second-order valence-electron chi connectivity index (χ2n) is 4.28. The first-order valence-electron chi connectivity index (χ1n) is 5.46. The number of nitrogens with zero attached hydrogens (tertiary/aromatic N) is 2. The van der Waals surface area contributed by atoms with Crippen LogP contribution in [0, 0.1) is 0 Å². The van der Waals surface area contributed by atoms with Crippen LogP contribution in [-0.4, -0.2) is 20.5 Å². The van der Waals surface area contributed by atoms with Crippen LogP contribution in [0.5, 0.6) is 0 Å². The van der Waals surface area contributed by atoms with Crippen molar-refractivity contribution in [1.82, 2.24) is 9.38 Å². The van der Waals surface area contributed by atoms with Gasteiger partial charge in [-0.05, 0) is 25.0 Å². The van der Waals surface area contributed by atoms with Crippen molar-refractivity contribution in [2.24, 2.45) is 0 Å². The third kappa shape index (κ3) is 1.38. The molecule has 1 saturated carbocycles. The number of rotatable bonds is 2. The molecule has 4 heteroatoms. The summed E-state index contributed by atoms with van der Waals surface area (Å²) in [6, 6.07) is 3.21. The van der Waals surface area contributed by atoms with Crippen molar-refractivity contribution in [1.29, 1.82) is 0 Å². The molecule has 1 fully saturated rings. The molecule has 1 aliphatic carbocycles. The lowest BCUT2D eigenvalue weighted by Gasteiger charge is -2.22. The van der Waals surface area contributed by atoms with Gasteiger partial charge in [-0.25, -0.2) is 9.78 Å². The van der Waals surface area contributed by atoms with Gasteiger partial charge in [0.25, 0.3) is 0 Å². The van der Waals surface area contributed by atoms with Gasteiger partial charge in [0.2, 0.25) is 0 Å². The summed E-state index contributed by atoms with van der Waals surface area (Å²) in [5, 5.41) is 8.88. The lowest BCUT2D eigenvalue weighted by Crippen LogP contribution is -2.08. The first kappa shape index (κ1) is 9.39. The first-order chi connectivity index (χ1) is 7.74. The summed E-state index contributed by atoms with van der Waals surface area (Å²) >= 11 is 0. The average Bonchev–Trinajstić information content (AvgIpc) is 2.56. The van der Waals surface area contributed by atoms with Gasteiger partial charge in [0.05, 0.1) is 11.3 Å². The van der Waals surface area contributed by atoms with Crippen molar-refractivity contribution in [2.45, 2.75) is 25.2 Å². The molecule has 16 heavy (non-hydrogen) atoms. The zero-order chi connectivity index (χ0) is 11.1. The summed E-state index contributed by atoms with van der Waals surface area (Å²) < 4.78 is 1.89. The van der Waals surface area contributed by atoms with Gasteiger partial charge < -0.3 is 9.51 Å². The summed E-state index contributed by atoms with van der Waals surface area (Å²) in [6.45, 7) is 0. The Morgan fingerprint density at radius 1 is 1.50 bits per heavy atom. The van der Waals surface area contributed by atoms with Crippen molar-refractivity contribution < 1.29 is 9.90 Å². The van der Waals surface area contributed by atoms with Crippen LogP contribution in [0.4, 0.5) is 0 Å². The van der Waals surface area contributed by atoms with Crippen molar-refractivity contribution in [3.8, 4) is 0 Å². The Bertz CT molecular complexity index is 555. The molecule has 0 radical (unpaired) electrons. The lowest BCUT2D eigenvalue weighted by molar-refractivity contribution is 0.0697. The molecule has 4 nitrogen and oxygen atoms in total. The predicted octanol–water partition coefficient (Wildman–Crippen LogP) is 2.30. The molecule has 3 rings (SSSR count). The monoisotopic (exact) mass is 216 g/mol. The topological polar surface area (TPSA) is 54.6 Å². The number of carboxylic acid groups (broad SMARTS) is 1. The minimum absolute atomic E-state index is 0.290. The van der Waals surface area contributed by atoms with Gasteiger partial charge in [-0.1, -0.05) is 6.42 Å². The van der Waals surface area contributed by atoms with Gasteiger partial charge in [0, 0.05) is 18.3 Å². The van der Waals surface area contributed by atoms with E-state index in [0.717, 1.165) is 11.3 Å². The lowest BCUT2D eigenvalue weighted by atomic mass is 9.83.